The number of aromatic nitrogens is 1. The maximum Gasteiger partial charge on any atom is 0.194 e. The first-order valence-electron chi connectivity index (χ1n) is 7.42. The molecule has 1 N–H and O–H groups in total. The highest BCUT2D eigenvalue weighted by Crippen LogP contribution is 2.18. The van der Waals surface area contributed by atoms with Crippen molar-refractivity contribution in [2.24, 2.45) is 4.99 Å². The summed E-state index contributed by atoms with van der Waals surface area (Å²) in [6.07, 6.45) is 3.55. The van der Waals surface area contributed by atoms with E-state index in [2.05, 4.69) is 32.3 Å². The number of hydrogen-bond acceptors (Lipinski definition) is 5. The SMILES string of the molecule is CN1CCN=C1NCc1ccncc1OCc1ccccc1.I. The number of guanidine groups is 1. The second-order valence-corrected chi connectivity index (χ2v) is 5.24. The summed E-state index contributed by atoms with van der Waals surface area (Å²) in [7, 11) is 2.04. The van der Waals surface area contributed by atoms with E-state index in [0.717, 1.165) is 35.9 Å². The van der Waals surface area contributed by atoms with E-state index in [9.17, 15) is 0 Å². The number of nitrogens with zero attached hydrogens (tertiary/aromatic N) is 3. The standard InChI is InChI=1S/C17H20N4O.HI/c1-21-10-9-19-17(21)20-11-15-7-8-18-12-16(15)22-13-14-5-3-2-4-6-14;/h2-8,12H,9-11,13H2,1H3,(H,19,20);1H. The zero-order valence-electron chi connectivity index (χ0n) is 13.1. The van der Waals surface area contributed by atoms with Crippen molar-refractivity contribution in [1.29, 1.82) is 0 Å². The van der Waals surface area contributed by atoms with Crippen molar-refractivity contribution in [2.75, 3.05) is 20.1 Å². The van der Waals surface area contributed by atoms with Gasteiger partial charge in [-0.2, -0.15) is 0 Å². The highest BCUT2D eigenvalue weighted by atomic mass is 127. The molecular weight excluding hydrogens is 403 g/mol. The number of aliphatic imine (C=N–C) groups is 1. The molecule has 122 valence electrons. The summed E-state index contributed by atoms with van der Waals surface area (Å²) in [5.74, 6) is 1.74. The van der Waals surface area contributed by atoms with E-state index in [1.165, 1.54) is 0 Å². The molecule has 2 aromatic rings. The first-order chi connectivity index (χ1) is 10.8. The number of rotatable bonds is 5. The largest absolute Gasteiger partial charge is 0.487 e. The number of benzene rings is 1. The van der Waals surface area contributed by atoms with E-state index in [1.54, 1.807) is 12.4 Å². The molecule has 0 fully saturated rings. The van der Waals surface area contributed by atoms with Crippen molar-refractivity contribution in [3.05, 3.63) is 59.9 Å². The molecule has 0 saturated heterocycles. The molecule has 6 heteroatoms. The molecule has 0 amide bonds. The summed E-state index contributed by atoms with van der Waals surface area (Å²) in [5, 5.41) is 3.35. The van der Waals surface area contributed by atoms with E-state index in [0.29, 0.717) is 13.2 Å². The van der Waals surface area contributed by atoms with Gasteiger partial charge in [0.1, 0.15) is 12.4 Å². The molecule has 0 unspecified atom stereocenters. The van der Waals surface area contributed by atoms with Crippen LogP contribution < -0.4 is 10.1 Å². The lowest BCUT2D eigenvalue weighted by atomic mass is 10.2. The Morgan fingerprint density at radius 3 is 2.78 bits per heavy atom. The van der Waals surface area contributed by atoms with Gasteiger partial charge in [0.15, 0.2) is 5.96 Å². The highest BCUT2D eigenvalue weighted by Gasteiger charge is 2.12. The first kappa shape index (κ1) is 17.5. The number of hydrogen-bond donors (Lipinski definition) is 1. The smallest absolute Gasteiger partial charge is 0.194 e. The fourth-order valence-electron chi connectivity index (χ4n) is 2.32. The Labute approximate surface area is 153 Å². The van der Waals surface area contributed by atoms with Gasteiger partial charge in [-0.15, -0.1) is 24.0 Å². The Morgan fingerprint density at radius 2 is 2.04 bits per heavy atom. The number of ether oxygens (including phenoxy) is 1. The van der Waals surface area contributed by atoms with Crippen molar-refractivity contribution in [3.8, 4) is 5.75 Å². The minimum absolute atomic E-state index is 0. The fourth-order valence-corrected chi connectivity index (χ4v) is 2.32. The van der Waals surface area contributed by atoms with Crippen LogP contribution in [-0.2, 0) is 13.2 Å². The van der Waals surface area contributed by atoms with Crippen LogP contribution >= 0.6 is 24.0 Å². The van der Waals surface area contributed by atoms with E-state index in [4.69, 9.17) is 4.74 Å². The zero-order valence-corrected chi connectivity index (χ0v) is 15.4. The molecule has 0 atom stereocenters. The summed E-state index contributed by atoms with van der Waals surface area (Å²) in [5.41, 5.74) is 2.22. The van der Waals surface area contributed by atoms with Gasteiger partial charge in [0.25, 0.3) is 0 Å². The molecule has 1 aliphatic heterocycles. The van der Waals surface area contributed by atoms with Crippen LogP contribution in [0.25, 0.3) is 0 Å². The predicted molar refractivity (Wildman–Crippen MR) is 102 cm³/mol. The second kappa shape index (κ2) is 8.71. The lowest BCUT2D eigenvalue weighted by Gasteiger charge is -2.16. The lowest BCUT2D eigenvalue weighted by Crippen LogP contribution is -2.35. The van der Waals surface area contributed by atoms with Gasteiger partial charge in [-0.05, 0) is 11.6 Å². The van der Waals surface area contributed by atoms with Crippen LogP contribution in [0, 0.1) is 0 Å². The Kier molecular flexibility index (Phi) is 6.64. The summed E-state index contributed by atoms with van der Waals surface area (Å²) >= 11 is 0. The third-order valence-electron chi connectivity index (χ3n) is 3.60. The van der Waals surface area contributed by atoms with Crippen molar-refractivity contribution < 1.29 is 4.74 Å². The van der Waals surface area contributed by atoms with Gasteiger partial charge < -0.3 is 15.0 Å². The molecular formula is C17H21IN4O. The summed E-state index contributed by atoms with van der Waals surface area (Å²) in [6.45, 7) is 3.04. The molecule has 1 aliphatic rings. The number of likely N-dealkylation sites (N-methyl/N-ethyl adjacent to an activating group) is 1. The average Bonchev–Trinajstić information content (AvgIpc) is 2.98. The normalized spacial score (nSPS) is 13.3. The van der Waals surface area contributed by atoms with Gasteiger partial charge in [-0.1, -0.05) is 30.3 Å². The third-order valence-corrected chi connectivity index (χ3v) is 3.60. The lowest BCUT2D eigenvalue weighted by molar-refractivity contribution is 0.301. The summed E-state index contributed by atoms with van der Waals surface area (Å²) in [6, 6.07) is 12.1. The Hall–Kier alpha value is -1.83. The highest BCUT2D eigenvalue weighted by molar-refractivity contribution is 14.0. The van der Waals surface area contributed by atoms with Gasteiger partial charge >= 0.3 is 0 Å². The predicted octanol–water partition coefficient (Wildman–Crippen LogP) is 2.67. The third kappa shape index (κ3) is 4.82. The Balaban J connectivity index is 0.00000192. The Bertz CT molecular complexity index is 648. The topological polar surface area (TPSA) is 49.8 Å². The molecule has 0 radical (unpaired) electrons. The van der Waals surface area contributed by atoms with Crippen molar-refractivity contribution in [3.63, 3.8) is 0 Å². The molecule has 3 rings (SSSR count). The van der Waals surface area contributed by atoms with Crippen molar-refractivity contribution in [2.45, 2.75) is 13.2 Å². The van der Waals surface area contributed by atoms with Crippen LogP contribution in [0.4, 0.5) is 0 Å². The molecule has 23 heavy (non-hydrogen) atoms. The molecule has 0 aliphatic carbocycles. The van der Waals surface area contributed by atoms with Gasteiger partial charge in [-0.25, -0.2) is 0 Å². The molecule has 0 spiro atoms. The Morgan fingerprint density at radius 1 is 1.22 bits per heavy atom. The molecule has 2 heterocycles. The summed E-state index contributed by atoms with van der Waals surface area (Å²) in [4.78, 5) is 10.7. The van der Waals surface area contributed by atoms with Crippen molar-refractivity contribution >= 4 is 29.9 Å². The molecule has 0 saturated carbocycles. The van der Waals surface area contributed by atoms with Gasteiger partial charge in [0, 0.05) is 31.9 Å². The van der Waals surface area contributed by atoms with Crippen LogP contribution in [0.5, 0.6) is 5.75 Å². The van der Waals surface area contributed by atoms with E-state index in [1.807, 2.05) is 31.3 Å². The molecule has 5 nitrogen and oxygen atoms in total. The molecule has 0 bridgehead atoms. The van der Waals surface area contributed by atoms with Gasteiger partial charge in [0.2, 0.25) is 0 Å². The van der Waals surface area contributed by atoms with Crippen LogP contribution in [0.3, 0.4) is 0 Å². The minimum Gasteiger partial charge on any atom is -0.487 e. The maximum atomic E-state index is 5.91. The molecule has 1 aromatic heterocycles. The first-order valence-corrected chi connectivity index (χ1v) is 7.42. The maximum absolute atomic E-state index is 5.91. The van der Waals surface area contributed by atoms with Crippen LogP contribution in [0.2, 0.25) is 0 Å². The number of halogens is 1. The van der Waals surface area contributed by atoms with E-state index < -0.39 is 0 Å². The van der Waals surface area contributed by atoms with E-state index in [-0.39, 0.29) is 24.0 Å². The van der Waals surface area contributed by atoms with Crippen LogP contribution in [-0.4, -0.2) is 36.0 Å². The minimum atomic E-state index is 0. The van der Waals surface area contributed by atoms with Crippen LogP contribution in [0.1, 0.15) is 11.1 Å². The van der Waals surface area contributed by atoms with Gasteiger partial charge in [-0.3, -0.25) is 9.98 Å². The zero-order chi connectivity index (χ0) is 15.2. The van der Waals surface area contributed by atoms with Gasteiger partial charge in [0.05, 0.1) is 12.7 Å². The second-order valence-electron chi connectivity index (χ2n) is 5.24. The number of pyridine rings is 1. The summed E-state index contributed by atoms with van der Waals surface area (Å²) < 4.78 is 5.91. The van der Waals surface area contributed by atoms with E-state index >= 15 is 0 Å². The monoisotopic (exact) mass is 424 g/mol. The quantitative estimate of drug-likeness (QED) is 0.751. The number of nitrogens with one attached hydrogen (secondary N) is 1. The van der Waals surface area contributed by atoms with Crippen molar-refractivity contribution in [1.82, 2.24) is 15.2 Å². The fraction of sp³-hybridized carbons (Fsp3) is 0.294. The average molecular weight is 424 g/mol. The molecule has 1 aromatic carbocycles. The van der Waals surface area contributed by atoms with Crippen LogP contribution in [0.15, 0.2) is 53.8 Å².